The molecule has 0 aromatic heterocycles. The number of rotatable bonds is 4. The van der Waals surface area contributed by atoms with Crippen LogP contribution in [0.3, 0.4) is 0 Å². The zero-order chi connectivity index (χ0) is 19.8. The van der Waals surface area contributed by atoms with E-state index in [1.165, 1.54) is 24.3 Å². The van der Waals surface area contributed by atoms with Crippen LogP contribution in [-0.2, 0) is 4.74 Å². The average molecular weight is 380 g/mol. The summed E-state index contributed by atoms with van der Waals surface area (Å²) in [5.74, 6) is -1.78. The Kier molecular flexibility index (Phi) is 4.48. The molecule has 1 heterocycles. The number of ether oxygens (including phenoxy) is 1. The van der Waals surface area contributed by atoms with Crippen molar-refractivity contribution in [3.63, 3.8) is 0 Å². The summed E-state index contributed by atoms with van der Waals surface area (Å²) in [6.07, 6.45) is 1.57. The number of carbonyl (C=O) groups is 3. The number of fused-ring (bicyclic) bond motifs is 2. The molecule has 0 bridgehead atoms. The van der Waals surface area contributed by atoms with Gasteiger partial charge < -0.3 is 10.1 Å². The highest BCUT2D eigenvalue weighted by atomic mass is 16.6. The number of nitrogens with zero attached hydrogens (tertiary/aromatic N) is 1. The van der Waals surface area contributed by atoms with Crippen LogP contribution in [0.2, 0.25) is 0 Å². The van der Waals surface area contributed by atoms with Crippen molar-refractivity contribution in [2.75, 3.05) is 13.2 Å². The molecule has 1 amide bonds. The van der Waals surface area contributed by atoms with Gasteiger partial charge in [-0.05, 0) is 25.0 Å². The maximum Gasteiger partial charge on any atom is 0.294 e. The van der Waals surface area contributed by atoms with Crippen molar-refractivity contribution in [1.82, 2.24) is 5.32 Å². The second-order valence-corrected chi connectivity index (χ2v) is 6.69. The third kappa shape index (κ3) is 2.87. The smallest absolute Gasteiger partial charge is 0.294 e. The lowest BCUT2D eigenvalue weighted by atomic mass is 9.82. The molecule has 1 fully saturated rings. The van der Waals surface area contributed by atoms with Gasteiger partial charge in [-0.25, -0.2) is 0 Å². The number of amides is 1. The largest absolute Gasteiger partial charge is 0.376 e. The van der Waals surface area contributed by atoms with Gasteiger partial charge in [-0.15, -0.1) is 0 Å². The SMILES string of the molecule is O=C1c2ccccc2C(=O)c2c1ccc(C(=O)NC[C@H]1CCCO1)c2[N+](=O)[O-]. The molecule has 0 radical (unpaired) electrons. The first-order chi connectivity index (χ1) is 13.5. The maximum atomic E-state index is 12.9. The van der Waals surface area contributed by atoms with Gasteiger partial charge in [0.25, 0.3) is 11.6 Å². The van der Waals surface area contributed by atoms with E-state index < -0.39 is 28.1 Å². The second kappa shape index (κ2) is 6.97. The Hall–Kier alpha value is -3.39. The Morgan fingerprint density at radius 1 is 1.11 bits per heavy atom. The number of nitrogens with one attached hydrogen (secondary N) is 1. The zero-order valence-corrected chi connectivity index (χ0v) is 14.8. The molecule has 2 aromatic rings. The molecule has 8 nitrogen and oxygen atoms in total. The molecule has 1 aliphatic heterocycles. The van der Waals surface area contributed by atoms with E-state index >= 15 is 0 Å². The van der Waals surface area contributed by atoms with Gasteiger partial charge in [0.05, 0.1) is 11.0 Å². The van der Waals surface area contributed by atoms with Crippen LogP contribution in [0.15, 0.2) is 36.4 Å². The first-order valence-corrected chi connectivity index (χ1v) is 8.88. The molecule has 1 saturated heterocycles. The second-order valence-electron chi connectivity index (χ2n) is 6.69. The zero-order valence-electron chi connectivity index (χ0n) is 14.8. The third-order valence-corrected chi connectivity index (χ3v) is 5.01. The van der Waals surface area contributed by atoms with E-state index in [1.807, 2.05) is 0 Å². The van der Waals surface area contributed by atoms with E-state index in [9.17, 15) is 24.5 Å². The molecule has 0 spiro atoms. The van der Waals surface area contributed by atoms with Crippen molar-refractivity contribution in [2.45, 2.75) is 18.9 Å². The molecule has 0 unspecified atom stereocenters. The lowest BCUT2D eigenvalue weighted by Gasteiger charge is -2.18. The Bertz CT molecular complexity index is 1020. The van der Waals surface area contributed by atoms with Gasteiger partial charge in [-0.2, -0.15) is 0 Å². The van der Waals surface area contributed by atoms with Crippen LogP contribution in [0.25, 0.3) is 0 Å². The van der Waals surface area contributed by atoms with Crippen molar-refractivity contribution >= 4 is 23.2 Å². The lowest BCUT2D eigenvalue weighted by Crippen LogP contribution is -2.33. The summed E-state index contributed by atoms with van der Waals surface area (Å²) in [5, 5.41) is 14.4. The summed E-state index contributed by atoms with van der Waals surface area (Å²) in [7, 11) is 0. The van der Waals surface area contributed by atoms with Crippen LogP contribution in [0.5, 0.6) is 0 Å². The first kappa shape index (κ1) is 18.0. The van der Waals surface area contributed by atoms with Crippen LogP contribution in [0, 0.1) is 10.1 Å². The normalized spacial score (nSPS) is 17.8. The lowest BCUT2D eigenvalue weighted by molar-refractivity contribution is -0.385. The van der Waals surface area contributed by atoms with E-state index in [-0.39, 0.29) is 40.5 Å². The van der Waals surface area contributed by atoms with Gasteiger partial charge in [0.1, 0.15) is 11.1 Å². The fourth-order valence-electron chi connectivity index (χ4n) is 3.65. The molecule has 4 rings (SSSR count). The van der Waals surface area contributed by atoms with Crippen molar-refractivity contribution < 1.29 is 24.0 Å². The van der Waals surface area contributed by atoms with Crippen molar-refractivity contribution in [3.8, 4) is 0 Å². The summed E-state index contributed by atoms with van der Waals surface area (Å²) < 4.78 is 5.43. The predicted octanol–water partition coefficient (Wildman–Crippen LogP) is 2.28. The molecule has 142 valence electrons. The minimum atomic E-state index is -0.779. The molecule has 0 saturated carbocycles. The fourth-order valence-corrected chi connectivity index (χ4v) is 3.65. The quantitative estimate of drug-likeness (QED) is 0.548. The number of nitro benzene ring substituents is 1. The molecule has 8 heteroatoms. The number of hydrogen-bond donors (Lipinski definition) is 1. The predicted molar refractivity (Wildman–Crippen MR) is 97.7 cm³/mol. The van der Waals surface area contributed by atoms with Crippen molar-refractivity contribution in [3.05, 3.63) is 74.3 Å². The average Bonchev–Trinajstić information content (AvgIpc) is 3.22. The summed E-state index contributed by atoms with van der Waals surface area (Å²) in [4.78, 5) is 49.2. The summed E-state index contributed by atoms with van der Waals surface area (Å²) in [6.45, 7) is 0.846. The van der Waals surface area contributed by atoms with E-state index in [0.29, 0.717) is 6.61 Å². The standard InChI is InChI=1S/C20H16N2O6/c23-18-12-5-1-2-6-13(12)19(24)16-14(18)7-8-15(17(16)22(26)27)20(25)21-10-11-4-3-9-28-11/h1-2,5-8,11H,3-4,9-10H2,(H,21,25)/t11-/m1/s1. The van der Waals surface area contributed by atoms with E-state index in [4.69, 9.17) is 4.74 Å². The summed E-state index contributed by atoms with van der Waals surface area (Å²) >= 11 is 0. The number of ketones is 2. The number of hydrogen-bond acceptors (Lipinski definition) is 6. The molecule has 1 N–H and O–H groups in total. The molecule has 2 aromatic carbocycles. The monoisotopic (exact) mass is 380 g/mol. The van der Waals surface area contributed by atoms with E-state index in [2.05, 4.69) is 5.32 Å². The van der Waals surface area contributed by atoms with E-state index in [1.54, 1.807) is 12.1 Å². The van der Waals surface area contributed by atoms with Crippen molar-refractivity contribution in [1.29, 1.82) is 0 Å². The number of carbonyl (C=O) groups excluding carboxylic acids is 3. The van der Waals surface area contributed by atoms with Gasteiger partial charge in [-0.1, -0.05) is 24.3 Å². The Morgan fingerprint density at radius 2 is 1.82 bits per heavy atom. The van der Waals surface area contributed by atoms with Gasteiger partial charge in [0, 0.05) is 29.8 Å². The minimum absolute atomic E-state index is 0.0638. The Balaban J connectivity index is 1.76. The van der Waals surface area contributed by atoms with E-state index in [0.717, 1.165) is 12.8 Å². The highest BCUT2D eigenvalue weighted by Gasteiger charge is 2.38. The highest BCUT2D eigenvalue weighted by molar-refractivity contribution is 6.30. The van der Waals surface area contributed by atoms with Crippen LogP contribution in [0.4, 0.5) is 5.69 Å². The summed E-state index contributed by atoms with van der Waals surface area (Å²) in [6, 6.07) is 8.69. The molecular weight excluding hydrogens is 364 g/mol. The topological polar surface area (TPSA) is 116 Å². The molecular formula is C20H16N2O6. The van der Waals surface area contributed by atoms with Crippen molar-refractivity contribution in [2.24, 2.45) is 0 Å². The first-order valence-electron chi connectivity index (χ1n) is 8.88. The third-order valence-electron chi connectivity index (χ3n) is 5.01. The number of benzene rings is 2. The van der Waals surface area contributed by atoms with Gasteiger partial charge in [-0.3, -0.25) is 24.5 Å². The fraction of sp³-hybridized carbons (Fsp3) is 0.250. The maximum absolute atomic E-state index is 12.9. The molecule has 1 aliphatic carbocycles. The Morgan fingerprint density at radius 3 is 2.46 bits per heavy atom. The van der Waals surface area contributed by atoms with Crippen LogP contribution in [0.1, 0.15) is 55.0 Å². The number of nitro groups is 1. The van der Waals surface area contributed by atoms with Crippen LogP contribution in [-0.4, -0.2) is 41.7 Å². The van der Waals surface area contributed by atoms with Gasteiger partial charge >= 0.3 is 0 Å². The summed E-state index contributed by atoms with van der Waals surface area (Å²) in [5.41, 5.74) is -0.994. The van der Waals surface area contributed by atoms with Gasteiger partial charge in [0.2, 0.25) is 5.78 Å². The van der Waals surface area contributed by atoms with Crippen LogP contribution < -0.4 is 5.32 Å². The highest BCUT2D eigenvalue weighted by Crippen LogP contribution is 2.35. The van der Waals surface area contributed by atoms with Gasteiger partial charge in [0.15, 0.2) is 5.78 Å². The minimum Gasteiger partial charge on any atom is -0.376 e. The van der Waals surface area contributed by atoms with Crippen LogP contribution >= 0.6 is 0 Å². The molecule has 1 atom stereocenters. The Labute approximate surface area is 159 Å². The molecule has 28 heavy (non-hydrogen) atoms. The molecule has 2 aliphatic rings.